The van der Waals surface area contributed by atoms with E-state index in [1.54, 1.807) is 62.4 Å². The van der Waals surface area contributed by atoms with Gasteiger partial charge in [0.25, 0.3) is 5.78 Å². The molecule has 1 fully saturated rings. The van der Waals surface area contributed by atoms with E-state index in [9.17, 15) is 19.5 Å². The smallest absolute Gasteiger partial charge is 0.350 e. The first-order chi connectivity index (χ1) is 23.2. The van der Waals surface area contributed by atoms with Crippen molar-refractivity contribution >= 4 is 39.9 Å². The number of ketones is 1. The number of aliphatic hydroxyl groups excluding tert-OH is 1. The molecule has 1 saturated heterocycles. The molecule has 2 heterocycles. The van der Waals surface area contributed by atoms with Crippen molar-refractivity contribution in [1.82, 2.24) is 4.98 Å². The summed E-state index contributed by atoms with van der Waals surface area (Å²) in [7, 11) is 0. The minimum Gasteiger partial charge on any atom is -0.507 e. The highest BCUT2D eigenvalue weighted by Crippen LogP contribution is 2.45. The predicted molar refractivity (Wildman–Crippen MR) is 183 cm³/mol. The Morgan fingerprint density at radius 1 is 0.875 bits per heavy atom. The lowest BCUT2D eigenvalue weighted by molar-refractivity contribution is -0.132. The number of benzene rings is 4. The number of hydrogen-bond acceptors (Lipinski definition) is 9. The molecule has 1 aliphatic rings. The molecule has 1 amide bonds. The summed E-state index contributed by atoms with van der Waals surface area (Å²) in [6, 6.07) is 29.7. The number of para-hydroxylation sites is 1. The molecule has 0 bridgehead atoms. The topological polar surface area (TPSA) is 115 Å². The molecule has 1 aliphatic heterocycles. The van der Waals surface area contributed by atoms with Crippen LogP contribution in [-0.2, 0) is 20.9 Å². The molecule has 0 saturated carbocycles. The van der Waals surface area contributed by atoms with Crippen molar-refractivity contribution in [2.24, 2.45) is 0 Å². The summed E-state index contributed by atoms with van der Waals surface area (Å²) in [5.41, 5.74) is 3.19. The maximum atomic E-state index is 13.8. The fourth-order valence-electron chi connectivity index (χ4n) is 5.42. The van der Waals surface area contributed by atoms with Gasteiger partial charge in [-0.05, 0) is 80.4 Å². The minimum atomic E-state index is -1.08. The van der Waals surface area contributed by atoms with E-state index in [1.165, 1.54) is 4.90 Å². The van der Waals surface area contributed by atoms with Crippen LogP contribution in [0.2, 0.25) is 0 Å². The molecule has 4 aromatic carbocycles. The summed E-state index contributed by atoms with van der Waals surface area (Å²) in [4.78, 5) is 46.1. The van der Waals surface area contributed by atoms with Gasteiger partial charge in [0.15, 0.2) is 5.13 Å². The number of Topliss-reactive ketones (excluding diaryl/α,β-unsaturated/α-hetero) is 1. The van der Waals surface area contributed by atoms with Gasteiger partial charge in [-0.15, -0.1) is 0 Å². The van der Waals surface area contributed by atoms with E-state index in [2.05, 4.69) is 4.98 Å². The van der Waals surface area contributed by atoms with Crippen molar-refractivity contribution in [3.05, 3.63) is 142 Å². The number of aromatic nitrogens is 1. The van der Waals surface area contributed by atoms with Gasteiger partial charge in [0.1, 0.15) is 34.5 Å². The fraction of sp³-hybridized carbons (Fsp3) is 0.158. The molecule has 0 radical (unpaired) electrons. The lowest BCUT2D eigenvalue weighted by Crippen LogP contribution is -2.29. The summed E-state index contributed by atoms with van der Waals surface area (Å²) < 4.78 is 17.2. The van der Waals surface area contributed by atoms with Crippen molar-refractivity contribution in [2.45, 2.75) is 33.4 Å². The van der Waals surface area contributed by atoms with Crippen molar-refractivity contribution < 1.29 is 33.7 Å². The number of ether oxygens (including phenoxy) is 3. The van der Waals surface area contributed by atoms with Crippen LogP contribution >= 0.6 is 11.3 Å². The van der Waals surface area contributed by atoms with Crippen LogP contribution in [0.15, 0.2) is 109 Å². The summed E-state index contributed by atoms with van der Waals surface area (Å²) in [5.74, 6) is -1.09. The Labute approximate surface area is 281 Å². The van der Waals surface area contributed by atoms with E-state index in [1.807, 2.05) is 61.5 Å². The molecule has 1 atom stereocenters. The summed E-state index contributed by atoms with van der Waals surface area (Å²) in [6.45, 7) is 5.87. The summed E-state index contributed by atoms with van der Waals surface area (Å²) in [5, 5.41) is 11.8. The van der Waals surface area contributed by atoms with Crippen molar-refractivity contribution in [3.63, 3.8) is 0 Å². The molecule has 5 aromatic rings. The predicted octanol–water partition coefficient (Wildman–Crippen LogP) is 7.93. The fourth-order valence-corrected chi connectivity index (χ4v) is 6.41. The van der Waals surface area contributed by atoms with Crippen LogP contribution in [0.5, 0.6) is 17.2 Å². The second-order valence-electron chi connectivity index (χ2n) is 11.1. The second kappa shape index (κ2) is 13.9. The Balaban J connectivity index is 1.39. The molecule has 6 rings (SSSR count). The third kappa shape index (κ3) is 6.70. The van der Waals surface area contributed by atoms with Crippen molar-refractivity contribution in [1.29, 1.82) is 0 Å². The normalized spacial score (nSPS) is 15.4. The molecule has 1 unspecified atom stereocenters. The molecule has 10 heteroatoms. The molecule has 48 heavy (non-hydrogen) atoms. The van der Waals surface area contributed by atoms with E-state index >= 15 is 0 Å². The number of amides is 1. The summed E-state index contributed by atoms with van der Waals surface area (Å²) in [6.07, 6.45) is 0. The van der Waals surface area contributed by atoms with E-state index in [4.69, 9.17) is 14.2 Å². The molecule has 0 spiro atoms. The van der Waals surface area contributed by atoms with Gasteiger partial charge >= 0.3 is 11.9 Å². The van der Waals surface area contributed by atoms with Gasteiger partial charge in [-0.2, -0.15) is 0 Å². The van der Waals surface area contributed by atoms with E-state index < -0.39 is 23.7 Å². The van der Waals surface area contributed by atoms with Crippen LogP contribution in [0.4, 0.5) is 5.13 Å². The highest BCUT2D eigenvalue weighted by Gasteiger charge is 2.48. The molecule has 9 nitrogen and oxygen atoms in total. The number of rotatable bonds is 10. The Bertz CT molecular complexity index is 2020. The van der Waals surface area contributed by atoms with Crippen molar-refractivity contribution in [2.75, 3.05) is 11.5 Å². The summed E-state index contributed by atoms with van der Waals surface area (Å²) >= 11 is 0.947. The minimum absolute atomic E-state index is 0.121. The number of anilines is 1. The van der Waals surface area contributed by atoms with Gasteiger partial charge in [-0.1, -0.05) is 71.5 Å². The Morgan fingerprint density at radius 2 is 1.60 bits per heavy atom. The Kier molecular flexibility index (Phi) is 9.36. The number of nitrogens with zero attached hydrogens (tertiary/aromatic N) is 2. The first-order valence-electron chi connectivity index (χ1n) is 15.3. The van der Waals surface area contributed by atoms with E-state index in [0.717, 1.165) is 22.5 Å². The number of esters is 1. The quantitative estimate of drug-likeness (QED) is 0.0695. The van der Waals surface area contributed by atoms with Crippen LogP contribution in [-0.4, -0.2) is 34.4 Å². The lowest BCUT2D eigenvalue weighted by Gasteiger charge is -2.23. The largest absolute Gasteiger partial charge is 0.507 e. The van der Waals surface area contributed by atoms with Crippen LogP contribution in [0.25, 0.3) is 5.76 Å². The molecular formula is C38H32N2O7S. The Hall–Kier alpha value is -5.74. The first-order valence-corrected chi connectivity index (χ1v) is 16.1. The number of aryl methyl sites for hydroxylation is 2. The Morgan fingerprint density at radius 3 is 2.33 bits per heavy atom. The van der Waals surface area contributed by atoms with Crippen LogP contribution < -0.4 is 14.4 Å². The van der Waals surface area contributed by atoms with Gasteiger partial charge in [0.05, 0.1) is 23.9 Å². The van der Waals surface area contributed by atoms with Gasteiger partial charge < -0.3 is 19.3 Å². The van der Waals surface area contributed by atoms with Crippen LogP contribution in [0.3, 0.4) is 0 Å². The van der Waals surface area contributed by atoms with Gasteiger partial charge in [0.2, 0.25) is 0 Å². The average Bonchev–Trinajstić information content (AvgIpc) is 3.60. The van der Waals surface area contributed by atoms with Crippen molar-refractivity contribution in [3.8, 4) is 17.2 Å². The molecular weight excluding hydrogens is 628 g/mol. The zero-order valence-electron chi connectivity index (χ0n) is 26.5. The zero-order valence-corrected chi connectivity index (χ0v) is 27.3. The SMILES string of the molecule is CCOC(=O)c1sc(N2C(=O)C(=O)/C(=C(/O)c3ccc(OCc4cccc(C)c4)cc3)C2c2cccc(Oc3ccccc3)c2)nc1C. The van der Waals surface area contributed by atoms with Gasteiger partial charge in [0, 0.05) is 5.56 Å². The third-order valence-electron chi connectivity index (χ3n) is 7.67. The highest BCUT2D eigenvalue weighted by atomic mass is 32.1. The average molecular weight is 661 g/mol. The second-order valence-corrected chi connectivity index (χ2v) is 12.1. The standard InChI is InChI=1S/C38H32N2O7S/c1-4-45-37(44)35-24(3)39-38(48-35)40-32(27-12-9-15-30(21-27)47-29-13-6-5-7-14-29)31(34(42)36(40)43)33(41)26-16-18-28(19-17-26)46-22-25-11-8-10-23(2)20-25/h5-21,32,41H,4,22H2,1-3H3/b33-31+. The van der Waals surface area contributed by atoms with E-state index in [-0.39, 0.29) is 27.9 Å². The van der Waals surface area contributed by atoms with Crippen LogP contribution in [0.1, 0.15) is 50.6 Å². The zero-order chi connectivity index (χ0) is 33.8. The number of hydrogen-bond donors (Lipinski definition) is 1. The monoisotopic (exact) mass is 660 g/mol. The third-order valence-corrected chi connectivity index (χ3v) is 8.80. The maximum absolute atomic E-state index is 13.8. The molecule has 1 N–H and O–H groups in total. The number of carbonyl (C=O) groups is 3. The first kappa shape index (κ1) is 32.2. The highest BCUT2D eigenvalue weighted by molar-refractivity contribution is 7.17. The van der Waals surface area contributed by atoms with Gasteiger partial charge in [-0.3, -0.25) is 14.5 Å². The lowest BCUT2D eigenvalue weighted by atomic mass is 9.95. The molecule has 0 aliphatic carbocycles. The van der Waals surface area contributed by atoms with Gasteiger partial charge in [-0.25, -0.2) is 9.78 Å². The number of aliphatic hydroxyl groups is 1. The number of carbonyl (C=O) groups excluding carboxylic acids is 3. The van der Waals surface area contributed by atoms with E-state index in [0.29, 0.717) is 40.7 Å². The number of thiazole rings is 1. The molecule has 242 valence electrons. The van der Waals surface area contributed by atoms with Crippen LogP contribution in [0, 0.1) is 13.8 Å². The maximum Gasteiger partial charge on any atom is 0.350 e. The molecule has 1 aromatic heterocycles.